The minimum absolute atomic E-state index is 0.101. The Kier molecular flexibility index (Phi) is 10.2. The molecule has 3 rings (SSSR count). The molecule has 1 N–H and O–H groups in total. The number of hydrogen-bond donors (Lipinski definition) is 1. The molecule has 1 heterocycles. The number of hydrogen-bond acceptors (Lipinski definition) is 5. The molecular formula is C22H19Cl5N4O2S. The topological polar surface area (TPSA) is 69.0 Å². The quantitative estimate of drug-likeness (QED) is 0.110. The van der Waals surface area contributed by atoms with Gasteiger partial charge < -0.3 is 14.6 Å². The van der Waals surface area contributed by atoms with Crippen molar-refractivity contribution in [1.29, 1.82) is 0 Å². The molecule has 34 heavy (non-hydrogen) atoms. The predicted octanol–water partition coefficient (Wildman–Crippen LogP) is 7.47. The summed E-state index contributed by atoms with van der Waals surface area (Å²) < 4.78 is 7.64. The van der Waals surface area contributed by atoms with E-state index in [2.05, 4.69) is 22.1 Å². The Labute approximate surface area is 226 Å². The molecule has 0 aliphatic carbocycles. The lowest BCUT2D eigenvalue weighted by Gasteiger charge is -2.10. The maximum atomic E-state index is 12.4. The van der Waals surface area contributed by atoms with Crippen LogP contribution in [0.3, 0.4) is 0 Å². The maximum Gasteiger partial charge on any atom is 0.234 e. The summed E-state index contributed by atoms with van der Waals surface area (Å²) in [6.45, 7) is 4.74. The Balaban J connectivity index is 1.55. The van der Waals surface area contributed by atoms with Gasteiger partial charge in [0.1, 0.15) is 11.6 Å². The second kappa shape index (κ2) is 12.9. The number of aromatic nitrogens is 3. The lowest BCUT2D eigenvalue weighted by molar-refractivity contribution is -0.113. The first-order valence-electron chi connectivity index (χ1n) is 9.96. The fourth-order valence-corrected chi connectivity index (χ4v) is 4.69. The van der Waals surface area contributed by atoms with Gasteiger partial charge in [-0.15, -0.1) is 16.8 Å². The number of halogens is 5. The van der Waals surface area contributed by atoms with Crippen LogP contribution in [0.4, 0.5) is 5.69 Å². The second-order valence-corrected chi connectivity index (χ2v) is 9.92. The molecule has 0 radical (unpaired) electrons. The van der Waals surface area contributed by atoms with Crippen molar-refractivity contribution < 1.29 is 9.53 Å². The minimum atomic E-state index is -0.270. The zero-order valence-electron chi connectivity index (χ0n) is 17.7. The monoisotopic (exact) mass is 578 g/mol. The highest BCUT2D eigenvalue weighted by Crippen LogP contribution is 2.32. The van der Waals surface area contributed by atoms with Gasteiger partial charge in [-0.1, -0.05) is 75.8 Å². The largest absolute Gasteiger partial charge is 0.492 e. The Morgan fingerprint density at radius 3 is 2.56 bits per heavy atom. The van der Waals surface area contributed by atoms with E-state index in [1.807, 2.05) is 4.57 Å². The van der Waals surface area contributed by atoms with Gasteiger partial charge in [0.15, 0.2) is 5.16 Å². The number of nitrogens with zero attached hydrogens (tertiary/aromatic N) is 3. The average molecular weight is 581 g/mol. The normalized spacial score (nSPS) is 10.9. The van der Waals surface area contributed by atoms with Crippen LogP contribution in [0, 0.1) is 0 Å². The van der Waals surface area contributed by atoms with Crippen LogP contribution in [0.5, 0.6) is 5.75 Å². The van der Waals surface area contributed by atoms with E-state index in [1.165, 1.54) is 23.9 Å². The zero-order valence-corrected chi connectivity index (χ0v) is 22.3. The standard InChI is InChI=1S/C22H19Cl5N4O2S/c1-2-7-31-20(4-3-8-33-19-6-5-13(23)9-17(19)27)29-30-22(31)34-12-21(32)28-18-11-15(25)14(24)10-16(18)26/h2,5-6,9-11H,1,3-4,7-8,12H2,(H,28,32). The molecule has 0 saturated carbocycles. The number of anilines is 1. The zero-order chi connectivity index (χ0) is 24.7. The highest BCUT2D eigenvalue weighted by Gasteiger charge is 2.15. The number of benzene rings is 2. The molecule has 2 aromatic carbocycles. The van der Waals surface area contributed by atoms with Crippen molar-refractivity contribution in [1.82, 2.24) is 14.8 Å². The molecule has 3 aromatic rings. The average Bonchev–Trinajstić information content (AvgIpc) is 3.16. The van der Waals surface area contributed by atoms with E-state index >= 15 is 0 Å². The number of rotatable bonds is 11. The lowest BCUT2D eigenvalue weighted by Crippen LogP contribution is -2.15. The van der Waals surface area contributed by atoms with Gasteiger partial charge in [-0.2, -0.15) is 0 Å². The summed E-state index contributed by atoms with van der Waals surface area (Å²) in [5, 5.41) is 13.7. The van der Waals surface area contributed by atoms with Crippen molar-refractivity contribution in [3.05, 3.63) is 73.9 Å². The summed E-state index contributed by atoms with van der Waals surface area (Å²) in [6, 6.07) is 8.07. The van der Waals surface area contributed by atoms with Crippen molar-refractivity contribution in [2.45, 2.75) is 24.5 Å². The number of nitrogens with one attached hydrogen (secondary N) is 1. The van der Waals surface area contributed by atoms with Gasteiger partial charge >= 0.3 is 0 Å². The predicted molar refractivity (Wildman–Crippen MR) is 141 cm³/mol. The van der Waals surface area contributed by atoms with Crippen LogP contribution in [0.1, 0.15) is 12.2 Å². The summed E-state index contributed by atoms with van der Waals surface area (Å²) in [5.74, 6) is 1.17. The summed E-state index contributed by atoms with van der Waals surface area (Å²) in [5.41, 5.74) is 0.385. The fraction of sp³-hybridized carbons (Fsp3) is 0.227. The molecule has 0 bridgehead atoms. The Bertz CT molecular complexity index is 1190. The van der Waals surface area contributed by atoms with Gasteiger partial charge in [-0.25, -0.2) is 0 Å². The van der Waals surface area contributed by atoms with E-state index in [9.17, 15) is 4.79 Å². The molecule has 1 aromatic heterocycles. The molecule has 180 valence electrons. The highest BCUT2D eigenvalue weighted by molar-refractivity contribution is 7.99. The number of carbonyl (C=O) groups is 1. The van der Waals surface area contributed by atoms with Gasteiger partial charge in [-0.3, -0.25) is 4.79 Å². The summed E-state index contributed by atoms with van der Waals surface area (Å²) in [6.07, 6.45) is 3.06. The summed E-state index contributed by atoms with van der Waals surface area (Å²) >= 11 is 31.3. The first-order valence-corrected chi connectivity index (χ1v) is 12.8. The Morgan fingerprint density at radius 2 is 1.82 bits per heavy atom. The maximum absolute atomic E-state index is 12.4. The van der Waals surface area contributed by atoms with E-state index in [0.29, 0.717) is 67.7 Å². The van der Waals surface area contributed by atoms with Gasteiger partial charge in [0.25, 0.3) is 0 Å². The number of ether oxygens (including phenoxy) is 1. The van der Waals surface area contributed by atoms with Crippen LogP contribution in [0.25, 0.3) is 0 Å². The Morgan fingerprint density at radius 1 is 1.06 bits per heavy atom. The molecular weight excluding hydrogens is 562 g/mol. The van der Waals surface area contributed by atoms with Crippen LogP contribution in [-0.2, 0) is 17.8 Å². The minimum Gasteiger partial charge on any atom is -0.492 e. The van der Waals surface area contributed by atoms with Crippen molar-refractivity contribution in [3.8, 4) is 5.75 Å². The van der Waals surface area contributed by atoms with Crippen molar-refractivity contribution >= 4 is 81.4 Å². The van der Waals surface area contributed by atoms with E-state index < -0.39 is 0 Å². The fourth-order valence-electron chi connectivity index (χ4n) is 2.86. The van der Waals surface area contributed by atoms with E-state index in [0.717, 1.165) is 5.82 Å². The summed E-state index contributed by atoms with van der Waals surface area (Å²) in [7, 11) is 0. The molecule has 0 saturated heterocycles. The van der Waals surface area contributed by atoms with Gasteiger partial charge in [-0.05, 0) is 36.8 Å². The van der Waals surface area contributed by atoms with E-state index in [4.69, 9.17) is 62.7 Å². The van der Waals surface area contributed by atoms with Gasteiger partial charge in [0.05, 0.1) is 38.1 Å². The van der Waals surface area contributed by atoms with Crippen LogP contribution in [-0.4, -0.2) is 33.0 Å². The SMILES string of the molecule is C=CCn1c(CCCOc2ccc(Cl)cc2Cl)nnc1SCC(=O)Nc1cc(Cl)c(Cl)cc1Cl. The molecule has 12 heteroatoms. The van der Waals surface area contributed by atoms with E-state index in [1.54, 1.807) is 24.3 Å². The molecule has 0 unspecified atom stereocenters. The number of carbonyl (C=O) groups excluding carboxylic acids is 1. The van der Waals surface area contributed by atoms with Crippen molar-refractivity contribution in [3.63, 3.8) is 0 Å². The second-order valence-electron chi connectivity index (χ2n) is 6.91. The number of aryl methyl sites for hydroxylation is 1. The molecule has 0 fully saturated rings. The first kappa shape index (κ1) is 27.0. The smallest absolute Gasteiger partial charge is 0.234 e. The third-order valence-electron chi connectivity index (χ3n) is 4.42. The number of thioether (sulfide) groups is 1. The number of allylic oxidation sites excluding steroid dienone is 1. The van der Waals surface area contributed by atoms with Gasteiger partial charge in [0.2, 0.25) is 5.91 Å². The molecule has 0 atom stereocenters. The molecule has 0 aliphatic rings. The first-order chi connectivity index (χ1) is 16.3. The molecule has 1 amide bonds. The van der Waals surface area contributed by atoms with Crippen LogP contribution in [0.2, 0.25) is 25.1 Å². The highest BCUT2D eigenvalue weighted by atomic mass is 35.5. The van der Waals surface area contributed by atoms with Gasteiger partial charge in [0, 0.05) is 18.0 Å². The van der Waals surface area contributed by atoms with E-state index in [-0.39, 0.29) is 11.7 Å². The third-order valence-corrected chi connectivity index (χ3v) is 6.95. The molecule has 0 aliphatic heterocycles. The molecule has 6 nitrogen and oxygen atoms in total. The van der Waals surface area contributed by atoms with Crippen LogP contribution < -0.4 is 10.1 Å². The summed E-state index contributed by atoms with van der Waals surface area (Å²) in [4.78, 5) is 12.4. The molecule has 0 spiro atoms. The third kappa shape index (κ3) is 7.44. The number of amides is 1. The van der Waals surface area contributed by atoms with Crippen molar-refractivity contribution in [2.24, 2.45) is 0 Å². The lowest BCUT2D eigenvalue weighted by atomic mass is 10.3. The van der Waals surface area contributed by atoms with Crippen molar-refractivity contribution in [2.75, 3.05) is 17.7 Å². The van der Waals surface area contributed by atoms with Crippen LogP contribution >= 0.6 is 69.8 Å². The van der Waals surface area contributed by atoms with Crippen LogP contribution in [0.15, 0.2) is 48.1 Å². The Hall–Kier alpha value is -1.61.